The number of hydrogen-bond donors (Lipinski definition) is 1. The van der Waals surface area contributed by atoms with Gasteiger partial charge < -0.3 is 14.6 Å². The van der Waals surface area contributed by atoms with Crippen molar-refractivity contribution in [2.45, 2.75) is 57.4 Å². The van der Waals surface area contributed by atoms with E-state index in [1.54, 1.807) is 0 Å². The van der Waals surface area contributed by atoms with Crippen LogP contribution in [0.2, 0.25) is 0 Å². The van der Waals surface area contributed by atoms with Gasteiger partial charge in [0.25, 0.3) is 0 Å². The minimum atomic E-state index is 0.267. The summed E-state index contributed by atoms with van der Waals surface area (Å²) in [6.45, 7) is 2.24. The number of hydrogen-bond acceptors (Lipinski definition) is 5. The lowest BCUT2D eigenvalue weighted by Gasteiger charge is -2.23. The number of rotatable bonds is 5. The fourth-order valence-electron chi connectivity index (χ4n) is 5.78. The quantitative estimate of drug-likeness (QED) is 0.615. The lowest BCUT2D eigenvalue weighted by atomic mass is 9.95. The summed E-state index contributed by atoms with van der Waals surface area (Å²) in [4.78, 5) is 16.8. The highest BCUT2D eigenvalue weighted by Crippen LogP contribution is 2.40. The number of fused-ring (bicyclic) bond motifs is 2. The summed E-state index contributed by atoms with van der Waals surface area (Å²) in [7, 11) is 0. The Morgan fingerprint density at radius 3 is 2.84 bits per heavy atom. The van der Waals surface area contributed by atoms with E-state index in [1.807, 2.05) is 12.5 Å². The second kappa shape index (κ2) is 8.32. The molecule has 2 fully saturated rings. The van der Waals surface area contributed by atoms with Gasteiger partial charge in [-0.25, -0.2) is 9.97 Å². The van der Waals surface area contributed by atoms with E-state index < -0.39 is 0 Å². The highest BCUT2D eigenvalue weighted by Gasteiger charge is 2.26. The predicted molar refractivity (Wildman–Crippen MR) is 129 cm³/mol. The van der Waals surface area contributed by atoms with E-state index in [-0.39, 0.29) is 6.61 Å². The van der Waals surface area contributed by atoms with Crippen molar-refractivity contribution in [3.63, 3.8) is 0 Å². The summed E-state index contributed by atoms with van der Waals surface area (Å²) in [5.74, 6) is 1.59. The Bertz CT molecular complexity index is 1160. The molecule has 1 aromatic carbocycles. The van der Waals surface area contributed by atoms with Gasteiger partial charge in [-0.1, -0.05) is 25.3 Å². The molecule has 6 heteroatoms. The fraction of sp³-hybridized carbons (Fsp3) is 0.500. The third kappa shape index (κ3) is 3.51. The molecule has 3 aliphatic rings. The monoisotopic (exact) mass is 429 g/mol. The van der Waals surface area contributed by atoms with Crippen molar-refractivity contribution in [2.24, 2.45) is 10.9 Å². The minimum Gasteiger partial charge on any atom is -0.396 e. The first-order valence-electron chi connectivity index (χ1n) is 12.2. The van der Waals surface area contributed by atoms with E-state index in [4.69, 9.17) is 9.97 Å². The van der Waals surface area contributed by atoms with Crippen molar-refractivity contribution in [3.8, 4) is 11.1 Å². The van der Waals surface area contributed by atoms with Gasteiger partial charge in [0.05, 0.1) is 28.7 Å². The molecule has 0 radical (unpaired) electrons. The van der Waals surface area contributed by atoms with Crippen molar-refractivity contribution in [2.75, 3.05) is 24.6 Å². The maximum atomic E-state index is 9.32. The van der Waals surface area contributed by atoms with Crippen LogP contribution in [0.3, 0.4) is 0 Å². The minimum absolute atomic E-state index is 0.267. The number of imidazole rings is 1. The number of aliphatic hydroxyl groups excluding tert-OH is 1. The molecule has 2 aromatic heterocycles. The van der Waals surface area contributed by atoms with Crippen molar-refractivity contribution in [1.82, 2.24) is 14.5 Å². The van der Waals surface area contributed by atoms with Gasteiger partial charge in [0.15, 0.2) is 0 Å². The Morgan fingerprint density at radius 2 is 1.97 bits per heavy atom. The molecule has 6 rings (SSSR count). The van der Waals surface area contributed by atoms with Gasteiger partial charge in [0.1, 0.15) is 5.82 Å². The molecule has 32 heavy (non-hydrogen) atoms. The summed E-state index contributed by atoms with van der Waals surface area (Å²) >= 11 is 0. The average Bonchev–Trinajstić information content (AvgIpc) is 3.58. The Morgan fingerprint density at radius 1 is 1.06 bits per heavy atom. The first kappa shape index (κ1) is 19.9. The summed E-state index contributed by atoms with van der Waals surface area (Å²) in [5.41, 5.74) is 6.68. The van der Waals surface area contributed by atoms with E-state index in [2.05, 4.69) is 38.7 Å². The van der Waals surface area contributed by atoms with Crippen LogP contribution in [0.4, 0.5) is 11.5 Å². The molecule has 0 amide bonds. The number of aromatic nitrogens is 3. The molecule has 1 saturated carbocycles. The summed E-state index contributed by atoms with van der Waals surface area (Å²) in [6, 6.07) is 9.49. The van der Waals surface area contributed by atoms with Gasteiger partial charge in [-0.15, -0.1) is 0 Å². The molecular formula is C26H31N5O. The zero-order valence-corrected chi connectivity index (χ0v) is 18.6. The zero-order chi connectivity index (χ0) is 21.5. The van der Waals surface area contributed by atoms with E-state index in [0.717, 1.165) is 66.2 Å². The van der Waals surface area contributed by atoms with Crippen LogP contribution < -0.4 is 4.90 Å². The first-order chi connectivity index (χ1) is 15.8. The number of pyridine rings is 1. The van der Waals surface area contributed by atoms with Crippen LogP contribution in [0, 0.1) is 5.92 Å². The number of aliphatic hydroxyl groups is 1. The van der Waals surface area contributed by atoms with Crippen LogP contribution >= 0.6 is 0 Å². The molecule has 1 saturated heterocycles. The predicted octanol–water partition coefficient (Wildman–Crippen LogP) is 5.07. The molecule has 1 aliphatic carbocycles. The third-order valence-corrected chi connectivity index (χ3v) is 7.56. The van der Waals surface area contributed by atoms with Crippen LogP contribution in [-0.4, -0.2) is 45.6 Å². The smallest absolute Gasteiger partial charge is 0.129 e. The number of anilines is 1. The van der Waals surface area contributed by atoms with Gasteiger partial charge in [-0.05, 0) is 55.4 Å². The van der Waals surface area contributed by atoms with Gasteiger partial charge in [-0.2, -0.15) is 0 Å². The number of aliphatic imine (C=N–C) groups is 1. The third-order valence-electron chi connectivity index (χ3n) is 7.56. The molecule has 0 bridgehead atoms. The van der Waals surface area contributed by atoms with Crippen molar-refractivity contribution < 1.29 is 5.11 Å². The largest absolute Gasteiger partial charge is 0.396 e. The summed E-state index contributed by atoms with van der Waals surface area (Å²) in [6.07, 6.45) is 13.3. The molecule has 0 spiro atoms. The number of benzene rings is 1. The lowest BCUT2D eigenvalue weighted by molar-refractivity contribution is 0.263. The SMILES string of the molecule is OCCC1CCN(c2cc(-c3ccc4c(c3)ncn4C3CCCCC3)c3c(n2)CC=N3)C1. The van der Waals surface area contributed by atoms with E-state index in [0.29, 0.717) is 12.0 Å². The average molecular weight is 430 g/mol. The van der Waals surface area contributed by atoms with Crippen molar-refractivity contribution in [1.29, 1.82) is 0 Å². The van der Waals surface area contributed by atoms with Gasteiger partial charge in [-0.3, -0.25) is 4.99 Å². The molecule has 4 heterocycles. The standard InChI is InChI=1S/C26H31N5O/c32-13-10-18-9-12-30(16-18)25-15-21(26-22(29-25)8-11-27-26)19-6-7-24-23(14-19)28-17-31(24)20-4-2-1-3-5-20/h6-7,11,14-15,17-18,20,32H,1-5,8-10,12-13,16H2. The first-order valence-corrected chi connectivity index (χ1v) is 12.2. The van der Waals surface area contributed by atoms with Crippen molar-refractivity contribution >= 4 is 28.8 Å². The fourth-order valence-corrected chi connectivity index (χ4v) is 5.78. The van der Waals surface area contributed by atoms with Crippen LogP contribution in [0.1, 0.15) is 56.7 Å². The molecule has 166 valence electrons. The molecule has 1 unspecified atom stereocenters. The maximum Gasteiger partial charge on any atom is 0.129 e. The zero-order valence-electron chi connectivity index (χ0n) is 18.6. The number of nitrogens with zero attached hydrogens (tertiary/aromatic N) is 5. The Labute approximate surface area is 189 Å². The topological polar surface area (TPSA) is 66.5 Å². The molecule has 1 N–H and O–H groups in total. The second-order valence-electron chi connectivity index (χ2n) is 9.60. The molecule has 3 aromatic rings. The Kier molecular flexibility index (Phi) is 5.18. The maximum absolute atomic E-state index is 9.32. The Hall–Kier alpha value is -2.73. The lowest BCUT2D eigenvalue weighted by Crippen LogP contribution is -2.21. The highest BCUT2D eigenvalue weighted by molar-refractivity contribution is 5.91. The van der Waals surface area contributed by atoms with Crippen molar-refractivity contribution in [3.05, 3.63) is 36.3 Å². The summed E-state index contributed by atoms with van der Waals surface area (Å²) in [5, 5.41) is 9.32. The van der Waals surface area contributed by atoms with Gasteiger partial charge in [0.2, 0.25) is 0 Å². The Balaban J connectivity index is 1.36. The summed E-state index contributed by atoms with van der Waals surface area (Å²) < 4.78 is 2.39. The highest BCUT2D eigenvalue weighted by atomic mass is 16.3. The normalized spacial score (nSPS) is 21.0. The molecule has 1 atom stereocenters. The second-order valence-corrected chi connectivity index (χ2v) is 9.60. The van der Waals surface area contributed by atoms with E-state index in [1.165, 1.54) is 37.6 Å². The molecular weight excluding hydrogens is 398 g/mol. The molecule has 2 aliphatic heterocycles. The van der Waals surface area contributed by atoms with Gasteiger partial charge >= 0.3 is 0 Å². The van der Waals surface area contributed by atoms with Crippen LogP contribution in [0.5, 0.6) is 0 Å². The van der Waals surface area contributed by atoms with Crippen LogP contribution in [-0.2, 0) is 6.42 Å². The molecule has 6 nitrogen and oxygen atoms in total. The van der Waals surface area contributed by atoms with Gasteiger partial charge in [0, 0.05) is 43.9 Å². The van der Waals surface area contributed by atoms with Crippen LogP contribution in [0.15, 0.2) is 35.6 Å². The van der Waals surface area contributed by atoms with E-state index in [9.17, 15) is 5.11 Å². The van der Waals surface area contributed by atoms with Crippen LogP contribution in [0.25, 0.3) is 22.2 Å². The van der Waals surface area contributed by atoms with E-state index >= 15 is 0 Å².